The SMILES string of the molecule is CC(C)c1ccc(CC2(CN)CCOC2C2CC2)cc1. The minimum absolute atomic E-state index is 0.181. The van der Waals surface area contributed by atoms with E-state index in [2.05, 4.69) is 38.1 Å². The molecule has 0 aromatic heterocycles. The third kappa shape index (κ3) is 2.64. The van der Waals surface area contributed by atoms with Gasteiger partial charge in [0.2, 0.25) is 0 Å². The molecule has 1 aromatic carbocycles. The van der Waals surface area contributed by atoms with Crippen molar-refractivity contribution in [1.82, 2.24) is 0 Å². The van der Waals surface area contributed by atoms with Gasteiger partial charge < -0.3 is 10.5 Å². The largest absolute Gasteiger partial charge is 0.377 e. The van der Waals surface area contributed by atoms with Gasteiger partial charge in [-0.15, -0.1) is 0 Å². The molecule has 0 radical (unpaired) electrons. The highest BCUT2D eigenvalue weighted by molar-refractivity contribution is 5.26. The highest BCUT2D eigenvalue weighted by atomic mass is 16.5. The Bertz CT molecular complexity index is 449. The molecule has 1 aliphatic heterocycles. The highest BCUT2D eigenvalue weighted by Gasteiger charge is 2.50. The molecule has 3 rings (SSSR count). The normalized spacial score (nSPS) is 30.1. The molecule has 2 atom stereocenters. The van der Waals surface area contributed by atoms with E-state index in [1.165, 1.54) is 24.0 Å². The maximum absolute atomic E-state index is 6.17. The number of rotatable bonds is 5. The van der Waals surface area contributed by atoms with Crippen LogP contribution in [0.15, 0.2) is 24.3 Å². The Morgan fingerprint density at radius 2 is 1.95 bits per heavy atom. The van der Waals surface area contributed by atoms with Gasteiger partial charge >= 0.3 is 0 Å². The fourth-order valence-corrected chi connectivity index (χ4v) is 3.65. The van der Waals surface area contributed by atoms with Gasteiger partial charge in [0.1, 0.15) is 0 Å². The molecule has 0 bridgehead atoms. The van der Waals surface area contributed by atoms with Gasteiger partial charge in [0, 0.05) is 18.6 Å². The molecule has 1 aliphatic carbocycles. The summed E-state index contributed by atoms with van der Waals surface area (Å²) >= 11 is 0. The first-order chi connectivity index (χ1) is 9.64. The van der Waals surface area contributed by atoms with Crippen LogP contribution in [-0.2, 0) is 11.2 Å². The van der Waals surface area contributed by atoms with Crippen molar-refractivity contribution in [3.8, 4) is 0 Å². The second-order valence-corrected chi connectivity index (χ2v) is 7.02. The van der Waals surface area contributed by atoms with E-state index in [4.69, 9.17) is 10.5 Å². The van der Waals surface area contributed by atoms with E-state index < -0.39 is 0 Å². The quantitative estimate of drug-likeness (QED) is 0.891. The van der Waals surface area contributed by atoms with Crippen molar-refractivity contribution >= 4 is 0 Å². The first kappa shape index (κ1) is 14.1. The molecule has 1 saturated heterocycles. The molecule has 110 valence electrons. The lowest BCUT2D eigenvalue weighted by molar-refractivity contribution is 0.0345. The average molecular weight is 273 g/mol. The molecular formula is C18H27NO. The maximum Gasteiger partial charge on any atom is 0.0675 e. The summed E-state index contributed by atoms with van der Waals surface area (Å²) in [4.78, 5) is 0. The summed E-state index contributed by atoms with van der Waals surface area (Å²) in [6.45, 7) is 6.12. The minimum atomic E-state index is 0.181. The number of hydrogen-bond acceptors (Lipinski definition) is 2. The van der Waals surface area contributed by atoms with Gasteiger partial charge in [-0.25, -0.2) is 0 Å². The number of benzene rings is 1. The lowest BCUT2D eigenvalue weighted by Gasteiger charge is -2.33. The molecule has 0 amide bonds. The summed E-state index contributed by atoms with van der Waals surface area (Å²) in [5, 5.41) is 0. The Hall–Kier alpha value is -0.860. The summed E-state index contributed by atoms with van der Waals surface area (Å²) in [6, 6.07) is 9.11. The predicted octanol–water partition coefficient (Wildman–Crippen LogP) is 3.50. The van der Waals surface area contributed by atoms with Crippen LogP contribution < -0.4 is 5.73 Å². The van der Waals surface area contributed by atoms with E-state index in [1.807, 2.05) is 0 Å². The highest BCUT2D eigenvalue weighted by Crippen LogP contribution is 2.48. The van der Waals surface area contributed by atoms with E-state index in [0.717, 1.165) is 31.9 Å². The zero-order chi connectivity index (χ0) is 14.2. The Morgan fingerprint density at radius 1 is 1.25 bits per heavy atom. The van der Waals surface area contributed by atoms with Gasteiger partial charge in [0.15, 0.2) is 0 Å². The molecule has 1 aromatic rings. The van der Waals surface area contributed by atoms with Gasteiger partial charge in [0.25, 0.3) is 0 Å². The van der Waals surface area contributed by atoms with Crippen molar-refractivity contribution in [2.24, 2.45) is 17.1 Å². The molecule has 2 aliphatic rings. The van der Waals surface area contributed by atoms with Crippen LogP contribution in [0.3, 0.4) is 0 Å². The second kappa shape index (κ2) is 5.50. The van der Waals surface area contributed by atoms with Crippen LogP contribution in [0.4, 0.5) is 0 Å². The van der Waals surface area contributed by atoms with Gasteiger partial charge in [-0.05, 0) is 48.6 Å². The van der Waals surface area contributed by atoms with Crippen LogP contribution in [0, 0.1) is 11.3 Å². The standard InChI is InChI=1S/C18H27NO/c1-13(2)15-5-3-14(4-6-15)11-18(12-19)9-10-20-17(18)16-7-8-16/h3-6,13,16-17H,7-12,19H2,1-2H3. The van der Waals surface area contributed by atoms with Crippen LogP contribution in [0.1, 0.15) is 50.2 Å². The van der Waals surface area contributed by atoms with Gasteiger partial charge in [-0.2, -0.15) is 0 Å². The minimum Gasteiger partial charge on any atom is -0.377 e. The predicted molar refractivity (Wildman–Crippen MR) is 82.8 cm³/mol. The Balaban J connectivity index is 1.76. The Kier molecular flexibility index (Phi) is 3.87. The van der Waals surface area contributed by atoms with Crippen LogP contribution in [0.5, 0.6) is 0 Å². The van der Waals surface area contributed by atoms with Crippen molar-refractivity contribution in [1.29, 1.82) is 0 Å². The second-order valence-electron chi connectivity index (χ2n) is 7.02. The molecule has 2 fully saturated rings. The fraction of sp³-hybridized carbons (Fsp3) is 0.667. The summed E-state index contributed by atoms with van der Waals surface area (Å²) in [5.41, 5.74) is 9.18. The third-order valence-corrected chi connectivity index (χ3v) is 5.16. The molecule has 2 heteroatoms. The topological polar surface area (TPSA) is 35.2 Å². The van der Waals surface area contributed by atoms with Crippen LogP contribution in [0.25, 0.3) is 0 Å². The van der Waals surface area contributed by atoms with Crippen molar-refractivity contribution in [2.45, 2.75) is 51.6 Å². The maximum atomic E-state index is 6.17. The van der Waals surface area contributed by atoms with E-state index in [0.29, 0.717) is 12.0 Å². The monoisotopic (exact) mass is 273 g/mol. The third-order valence-electron chi connectivity index (χ3n) is 5.16. The molecule has 20 heavy (non-hydrogen) atoms. The molecule has 2 unspecified atom stereocenters. The van der Waals surface area contributed by atoms with E-state index in [-0.39, 0.29) is 5.41 Å². The lowest BCUT2D eigenvalue weighted by atomic mass is 9.74. The van der Waals surface area contributed by atoms with E-state index >= 15 is 0 Å². The molecule has 2 nitrogen and oxygen atoms in total. The summed E-state index contributed by atoms with van der Waals surface area (Å²) in [7, 11) is 0. The van der Waals surface area contributed by atoms with E-state index in [9.17, 15) is 0 Å². The van der Waals surface area contributed by atoms with Crippen molar-refractivity contribution in [3.63, 3.8) is 0 Å². The van der Waals surface area contributed by atoms with Gasteiger partial charge in [0.05, 0.1) is 6.10 Å². The fourth-order valence-electron chi connectivity index (χ4n) is 3.65. The number of nitrogens with two attached hydrogens (primary N) is 1. The van der Waals surface area contributed by atoms with Gasteiger partial charge in [-0.3, -0.25) is 0 Å². The first-order valence-corrected chi connectivity index (χ1v) is 8.05. The van der Waals surface area contributed by atoms with Crippen LogP contribution in [-0.4, -0.2) is 19.3 Å². The zero-order valence-electron chi connectivity index (χ0n) is 12.8. The molecule has 1 saturated carbocycles. The number of ether oxygens (including phenoxy) is 1. The molecule has 0 spiro atoms. The summed E-state index contributed by atoms with van der Waals surface area (Å²) in [6.07, 6.45) is 5.26. The first-order valence-electron chi connectivity index (χ1n) is 8.05. The van der Waals surface area contributed by atoms with Crippen LogP contribution in [0.2, 0.25) is 0 Å². The van der Waals surface area contributed by atoms with Crippen molar-refractivity contribution in [2.75, 3.05) is 13.2 Å². The molecule has 1 heterocycles. The van der Waals surface area contributed by atoms with E-state index in [1.54, 1.807) is 0 Å². The van der Waals surface area contributed by atoms with Crippen molar-refractivity contribution in [3.05, 3.63) is 35.4 Å². The summed E-state index contributed by atoms with van der Waals surface area (Å²) < 4.78 is 6.04. The molecular weight excluding hydrogens is 246 g/mol. The Labute approximate surface area is 122 Å². The number of hydrogen-bond donors (Lipinski definition) is 1. The Morgan fingerprint density at radius 3 is 2.50 bits per heavy atom. The van der Waals surface area contributed by atoms with Crippen molar-refractivity contribution < 1.29 is 4.74 Å². The molecule has 2 N–H and O–H groups in total. The average Bonchev–Trinajstić information content (AvgIpc) is 3.21. The van der Waals surface area contributed by atoms with Gasteiger partial charge in [-0.1, -0.05) is 38.1 Å². The smallest absolute Gasteiger partial charge is 0.0675 e. The lowest BCUT2D eigenvalue weighted by Crippen LogP contribution is -2.41. The van der Waals surface area contributed by atoms with Crippen LogP contribution >= 0.6 is 0 Å². The zero-order valence-corrected chi connectivity index (χ0v) is 12.8. The summed E-state index contributed by atoms with van der Waals surface area (Å²) in [5.74, 6) is 1.37.